The number of ether oxygens (including phenoxy) is 3. The molecule has 192 valence electrons. The summed E-state index contributed by atoms with van der Waals surface area (Å²) >= 11 is 0. The van der Waals surface area contributed by atoms with Gasteiger partial charge in [-0.05, 0) is 6.07 Å². The van der Waals surface area contributed by atoms with E-state index < -0.39 is 48.4 Å². The molecule has 0 fully saturated rings. The summed E-state index contributed by atoms with van der Waals surface area (Å²) in [5.41, 5.74) is 6.18. The van der Waals surface area contributed by atoms with E-state index in [1.54, 1.807) is 18.2 Å². The lowest BCUT2D eigenvalue weighted by atomic mass is 10.1. The predicted molar refractivity (Wildman–Crippen MR) is 109 cm³/mol. The molecule has 34 heavy (non-hydrogen) atoms. The summed E-state index contributed by atoms with van der Waals surface area (Å²) in [6.07, 6.45) is -5.63. The standard InChI is InChI=1S/C17H25N3O7.C2HF3O2/c1-25-9-12(20-16(23)11(18)7-14(21)22)17(24)19-8-10-5-4-6-13(26-2)15(10)27-3;3-2(4,5)1(6)7/h4-6,11-12H,7-9,18H2,1-3H3,(H,19,24)(H,20,23)(H,21,22);(H,6,7)/t11-,12-;/m0./s1. The molecule has 12 nitrogen and oxygen atoms in total. The van der Waals surface area contributed by atoms with Gasteiger partial charge in [0, 0.05) is 19.2 Å². The summed E-state index contributed by atoms with van der Waals surface area (Å²) in [5, 5.41) is 20.9. The Bertz CT molecular complexity index is 850. The number of aliphatic carboxylic acids is 2. The Hall–Kier alpha value is -3.59. The van der Waals surface area contributed by atoms with Gasteiger partial charge in [-0.2, -0.15) is 13.2 Å². The van der Waals surface area contributed by atoms with Crippen molar-refractivity contribution >= 4 is 23.8 Å². The van der Waals surface area contributed by atoms with Crippen LogP contribution in [-0.4, -0.2) is 80.2 Å². The number of nitrogens with two attached hydrogens (primary N) is 1. The van der Waals surface area contributed by atoms with Crippen LogP contribution >= 0.6 is 0 Å². The van der Waals surface area contributed by atoms with E-state index in [0.717, 1.165) is 0 Å². The summed E-state index contributed by atoms with van der Waals surface area (Å²) < 4.78 is 47.2. The van der Waals surface area contributed by atoms with Crippen LogP contribution < -0.4 is 25.8 Å². The van der Waals surface area contributed by atoms with Gasteiger partial charge >= 0.3 is 18.1 Å². The first kappa shape index (κ1) is 30.4. The molecule has 1 aromatic carbocycles. The summed E-state index contributed by atoms with van der Waals surface area (Å²) in [6, 6.07) is 2.94. The first-order chi connectivity index (χ1) is 15.8. The molecule has 0 heterocycles. The fraction of sp³-hybridized carbons (Fsp3) is 0.474. The first-order valence-electron chi connectivity index (χ1n) is 9.32. The fourth-order valence-corrected chi connectivity index (χ4v) is 2.31. The second kappa shape index (κ2) is 14.5. The van der Waals surface area contributed by atoms with E-state index in [0.29, 0.717) is 17.1 Å². The number of benzene rings is 1. The minimum absolute atomic E-state index is 0.105. The monoisotopic (exact) mass is 497 g/mol. The Labute approximate surface area is 192 Å². The number of halogens is 3. The number of carboxylic acids is 2. The number of nitrogens with one attached hydrogen (secondary N) is 2. The maximum atomic E-state index is 12.4. The van der Waals surface area contributed by atoms with E-state index in [4.69, 9.17) is 35.0 Å². The quantitative estimate of drug-likeness (QED) is 0.276. The van der Waals surface area contributed by atoms with Gasteiger partial charge in [0.05, 0.1) is 33.3 Å². The van der Waals surface area contributed by atoms with Crippen molar-refractivity contribution in [3.05, 3.63) is 23.8 Å². The van der Waals surface area contributed by atoms with E-state index in [1.807, 2.05) is 0 Å². The molecule has 0 radical (unpaired) electrons. The molecule has 15 heteroatoms. The third-order valence-corrected chi connectivity index (χ3v) is 3.88. The van der Waals surface area contributed by atoms with Crippen molar-refractivity contribution in [3.8, 4) is 11.5 Å². The van der Waals surface area contributed by atoms with E-state index >= 15 is 0 Å². The second-order valence-corrected chi connectivity index (χ2v) is 6.39. The number of alkyl halides is 3. The average Bonchev–Trinajstić information content (AvgIpc) is 2.75. The summed E-state index contributed by atoms with van der Waals surface area (Å²) in [5.74, 6) is -4.24. The lowest BCUT2D eigenvalue weighted by Crippen LogP contribution is -2.53. The van der Waals surface area contributed by atoms with Crippen LogP contribution in [0.5, 0.6) is 11.5 Å². The molecule has 0 unspecified atom stereocenters. The van der Waals surface area contributed by atoms with Crippen LogP contribution in [0.25, 0.3) is 0 Å². The van der Waals surface area contributed by atoms with Crippen molar-refractivity contribution in [1.29, 1.82) is 0 Å². The lowest BCUT2D eigenvalue weighted by molar-refractivity contribution is -0.192. The minimum Gasteiger partial charge on any atom is -0.493 e. The van der Waals surface area contributed by atoms with Gasteiger partial charge in [0.25, 0.3) is 0 Å². The van der Waals surface area contributed by atoms with Crippen molar-refractivity contribution in [2.24, 2.45) is 5.73 Å². The van der Waals surface area contributed by atoms with Crippen LogP contribution in [-0.2, 0) is 30.5 Å². The van der Waals surface area contributed by atoms with Gasteiger partial charge in [-0.25, -0.2) is 4.79 Å². The van der Waals surface area contributed by atoms with Gasteiger partial charge in [-0.15, -0.1) is 0 Å². The van der Waals surface area contributed by atoms with Gasteiger partial charge in [-0.3, -0.25) is 14.4 Å². The highest BCUT2D eigenvalue weighted by Gasteiger charge is 2.38. The Kier molecular flexibility index (Phi) is 13.0. The zero-order valence-electron chi connectivity index (χ0n) is 18.5. The smallest absolute Gasteiger partial charge is 0.490 e. The fourth-order valence-electron chi connectivity index (χ4n) is 2.31. The van der Waals surface area contributed by atoms with E-state index in [9.17, 15) is 27.6 Å². The maximum absolute atomic E-state index is 12.4. The molecule has 2 atom stereocenters. The third kappa shape index (κ3) is 10.8. The molecule has 0 aliphatic carbocycles. The van der Waals surface area contributed by atoms with Crippen LogP contribution in [0, 0.1) is 0 Å². The van der Waals surface area contributed by atoms with E-state index in [2.05, 4.69) is 10.6 Å². The first-order valence-corrected chi connectivity index (χ1v) is 9.32. The van der Waals surface area contributed by atoms with Gasteiger partial charge in [0.2, 0.25) is 11.8 Å². The summed E-state index contributed by atoms with van der Waals surface area (Å²) in [4.78, 5) is 43.9. The topological polar surface area (TPSA) is 187 Å². The molecule has 6 N–H and O–H groups in total. The van der Waals surface area contributed by atoms with Crippen molar-refractivity contribution in [3.63, 3.8) is 0 Å². The minimum atomic E-state index is -5.08. The van der Waals surface area contributed by atoms with Gasteiger partial charge in [0.1, 0.15) is 6.04 Å². The highest BCUT2D eigenvalue weighted by molar-refractivity contribution is 5.91. The number of hydrogen-bond acceptors (Lipinski definition) is 8. The maximum Gasteiger partial charge on any atom is 0.490 e. The van der Waals surface area contributed by atoms with Crippen LogP contribution in [0.2, 0.25) is 0 Å². The normalized spacial score (nSPS) is 12.3. The van der Waals surface area contributed by atoms with Crippen molar-refractivity contribution in [2.75, 3.05) is 27.9 Å². The van der Waals surface area contributed by atoms with Crippen molar-refractivity contribution < 1.29 is 56.8 Å². The number of rotatable bonds is 11. The predicted octanol–water partition coefficient (Wildman–Crippen LogP) is -0.113. The van der Waals surface area contributed by atoms with Gasteiger partial charge < -0.3 is 40.8 Å². The largest absolute Gasteiger partial charge is 0.493 e. The molecule has 0 saturated heterocycles. The number of hydrogen-bond donors (Lipinski definition) is 5. The van der Waals surface area contributed by atoms with Crippen molar-refractivity contribution in [2.45, 2.75) is 31.2 Å². The number of carbonyl (C=O) groups is 4. The third-order valence-electron chi connectivity index (χ3n) is 3.88. The molecule has 0 aromatic heterocycles. The van der Waals surface area contributed by atoms with Crippen LogP contribution in [0.4, 0.5) is 13.2 Å². The van der Waals surface area contributed by atoms with Gasteiger partial charge in [-0.1, -0.05) is 12.1 Å². The molecule has 0 bridgehead atoms. The Morgan fingerprint density at radius 1 is 1.06 bits per heavy atom. The van der Waals surface area contributed by atoms with Crippen LogP contribution in [0.15, 0.2) is 18.2 Å². The molecule has 2 amide bonds. The van der Waals surface area contributed by atoms with Crippen molar-refractivity contribution in [1.82, 2.24) is 10.6 Å². The number of methoxy groups -OCH3 is 3. The molecule has 1 rings (SSSR count). The molecule has 0 spiro atoms. The molecule has 0 aliphatic rings. The average molecular weight is 497 g/mol. The summed E-state index contributed by atoms with van der Waals surface area (Å²) in [7, 11) is 4.36. The Morgan fingerprint density at radius 3 is 2.09 bits per heavy atom. The number of para-hydroxylation sites is 1. The Morgan fingerprint density at radius 2 is 1.65 bits per heavy atom. The van der Waals surface area contributed by atoms with E-state index in [1.165, 1.54) is 21.3 Å². The molecule has 0 aliphatic heterocycles. The molecular weight excluding hydrogens is 471 g/mol. The number of amides is 2. The highest BCUT2D eigenvalue weighted by atomic mass is 19.4. The summed E-state index contributed by atoms with van der Waals surface area (Å²) in [6.45, 7) is 0.0169. The molecular formula is C19H26F3N3O9. The molecule has 1 aromatic rings. The van der Waals surface area contributed by atoms with Crippen LogP contribution in [0.3, 0.4) is 0 Å². The number of carboxylic acid groups (broad SMARTS) is 2. The molecule has 0 saturated carbocycles. The highest BCUT2D eigenvalue weighted by Crippen LogP contribution is 2.30. The zero-order chi connectivity index (χ0) is 26.5. The second-order valence-electron chi connectivity index (χ2n) is 6.39. The van der Waals surface area contributed by atoms with Gasteiger partial charge in [0.15, 0.2) is 11.5 Å². The lowest BCUT2D eigenvalue weighted by Gasteiger charge is -2.20. The van der Waals surface area contributed by atoms with E-state index in [-0.39, 0.29) is 13.2 Å². The Balaban J connectivity index is 0.00000135. The zero-order valence-corrected chi connectivity index (χ0v) is 18.5. The number of carbonyl (C=O) groups excluding carboxylic acids is 2. The SMILES string of the molecule is COC[C@H](NC(=O)[C@@H](N)CC(=O)O)C(=O)NCc1cccc(OC)c1OC.O=C(O)C(F)(F)F. The van der Waals surface area contributed by atoms with Crippen LogP contribution in [0.1, 0.15) is 12.0 Å².